The van der Waals surface area contributed by atoms with Gasteiger partial charge in [-0.3, -0.25) is 0 Å². The fraction of sp³-hybridized carbons (Fsp3) is 0.167. The molecule has 9 heteroatoms. The molecule has 0 aliphatic heterocycles. The molecule has 1 heterocycles. The van der Waals surface area contributed by atoms with Gasteiger partial charge in [0.05, 0.1) is 21.3 Å². The topological polar surface area (TPSA) is 54.7 Å². The third-order valence-corrected chi connectivity index (χ3v) is 7.36. The summed E-state index contributed by atoms with van der Waals surface area (Å²) in [5.74, 6) is 0. The first kappa shape index (κ1) is 20.1. The maximum Gasteiger partial charge on any atom is 0.242 e. The zero-order chi connectivity index (χ0) is 19.8. The summed E-state index contributed by atoms with van der Waals surface area (Å²) in [5, 5.41) is 2.91. The lowest BCUT2D eigenvalue weighted by atomic mass is 10.2. The molecule has 0 saturated carbocycles. The molecule has 0 aliphatic carbocycles. The smallest absolute Gasteiger partial charge is 0.242 e. The Bertz CT molecular complexity index is 1170. The van der Waals surface area contributed by atoms with Crippen LogP contribution in [-0.4, -0.2) is 31.4 Å². The van der Waals surface area contributed by atoms with Gasteiger partial charge < -0.3 is 4.57 Å². The quantitative estimate of drug-likeness (QED) is 0.596. The number of aromatic nitrogens is 1. The number of hydrogen-bond acceptors (Lipinski definition) is 4. The van der Waals surface area contributed by atoms with Crippen molar-refractivity contribution in [3.63, 3.8) is 0 Å². The van der Waals surface area contributed by atoms with Crippen molar-refractivity contribution in [2.45, 2.75) is 4.90 Å². The van der Waals surface area contributed by atoms with Crippen molar-refractivity contribution >= 4 is 50.2 Å². The minimum absolute atomic E-state index is 0.183. The Morgan fingerprint density at radius 2 is 1.78 bits per heavy atom. The van der Waals surface area contributed by atoms with Crippen LogP contribution in [0.15, 0.2) is 57.7 Å². The van der Waals surface area contributed by atoms with E-state index in [-0.39, 0.29) is 4.90 Å². The second-order valence-corrected chi connectivity index (χ2v) is 9.76. The summed E-state index contributed by atoms with van der Waals surface area (Å²) < 4.78 is 27.9. The predicted molar refractivity (Wildman–Crippen MR) is 111 cm³/mol. The molecular weight excluding hydrogens is 425 g/mol. The first-order valence-electron chi connectivity index (χ1n) is 7.88. The maximum atomic E-state index is 12.4. The van der Waals surface area contributed by atoms with Crippen LogP contribution in [0.2, 0.25) is 10.0 Å². The van der Waals surface area contributed by atoms with E-state index in [0.29, 0.717) is 21.3 Å². The molecule has 0 spiro atoms. The first-order valence-corrected chi connectivity index (χ1v) is 11.0. The molecule has 0 unspecified atom stereocenters. The van der Waals surface area contributed by atoms with Crippen molar-refractivity contribution in [2.75, 3.05) is 14.1 Å². The van der Waals surface area contributed by atoms with Crippen molar-refractivity contribution in [1.82, 2.24) is 8.87 Å². The number of hydrogen-bond donors (Lipinski definition) is 0. The van der Waals surface area contributed by atoms with Gasteiger partial charge >= 0.3 is 0 Å². The number of rotatable bonds is 4. The zero-order valence-electron chi connectivity index (χ0n) is 14.8. The molecule has 2 aromatic carbocycles. The molecule has 0 atom stereocenters. The van der Waals surface area contributed by atoms with E-state index < -0.39 is 10.0 Å². The van der Waals surface area contributed by atoms with Crippen LogP contribution >= 0.6 is 34.5 Å². The standard InChI is InChI=1S/C18H17Cl2N3O2S2/c1-22(2)27(24,25)12-8-9-14(19)13(10-12)17-11-26-18(23(17)3)21-16-7-5-4-6-15(16)20/h4-11H,1-3H3. The van der Waals surface area contributed by atoms with Crippen LogP contribution in [0.25, 0.3) is 11.3 Å². The third-order valence-electron chi connectivity index (χ3n) is 3.99. The lowest BCUT2D eigenvalue weighted by Gasteiger charge is -2.13. The van der Waals surface area contributed by atoms with Gasteiger partial charge in [-0.25, -0.2) is 17.7 Å². The summed E-state index contributed by atoms with van der Waals surface area (Å²) in [5.41, 5.74) is 2.06. The fourth-order valence-electron chi connectivity index (χ4n) is 2.43. The Hall–Kier alpha value is -1.64. The highest BCUT2D eigenvalue weighted by atomic mass is 35.5. The van der Waals surface area contributed by atoms with Crippen LogP contribution in [0.5, 0.6) is 0 Å². The molecule has 0 saturated heterocycles. The zero-order valence-corrected chi connectivity index (χ0v) is 18.0. The summed E-state index contributed by atoms with van der Waals surface area (Å²) in [6.45, 7) is 0. The van der Waals surface area contributed by atoms with E-state index in [0.717, 1.165) is 10.5 Å². The Balaban J connectivity index is 2.14. The molecule has 0 N–H and O–H groups in total. The van der Waals surface area contributed by atoms with E-state index in [1.54, 1.807) is 18.2 Å². The monoisotopic (exact) mass is 441 g/mol. The Morgan fingerprint density at radius 3 is 2.44 bits per heavy atom. The molecule has 0 amide bonds. The van der Waals surface area contributed by atoms with Crippen molar-refractivity contribution in [3.8, 4) is 11.3 Å². The number of halogens is 2. The summed E-state index contributed by atoms with van der Waals surface area (Å²) in [4.78, 5) is 5.50. The van der Waals surface area contributed by atoms with Crippen LogP contribution in [0.3, 0.4) is 0 Å². The van der Waals surface area contributed by atoms with Crippen LogP contribution in [0, 0.1) is 0 Å². The summed E-state index contributed by atoms with van der Waals surface area (Å²) in [7, 11) is 1.29. The molecule has 0 bridgehead atoms. The summed E-state index contributed by atoms with van der Waals surface area (Å²) >= 11 is 14.0. The molecular formula is C18H17Cl2N3O2S2. The Kier molecular flexibility index (Phi) is 5.79. The second kappa shape index (κ2) is 7.77. The molecule has 0 aliphatic rings. The highest BCUT2D eigenvalue weighted by molar-refractivity contribution is 7.89. The van der Waals surface area contributed by atoms with Gasteiger partial charge in [-0.1, -0.05) is 35.3 Å². The number of thiazole rings is 1. The molecule has 0 radical (unpaired) electrons. The Morgan fingerprint density at radius 1 is 1.07 bits per heavy atom. The molecule has 3 rings (SSSR count). The van der Waals surface area contributed by atoms with E-state index >= 15 is 0 Å². The van der Waals surface area contributed by atoms with E-state index in [4.69, 9.17) is 23.2 Å². The van der Waals surface area contributed by atoms with Gasteiger partial charge in [0.25, 0.3) is 0 Å². The van der Waals surface area contributed by atoms with Gasteiger partial charge in [-0.05, 0) is 30.3 Å². The molecule has 5 nitrogen and oxygen atoms in total. The summed E-state index contributed by atoms with van der Waals surface area (Å²) in [6.07, 6.45) is 0. The van der Waals surface area contributed by atoms with E-state index in [1.807, 2.05) is 35.2 Å². The minimum atomic E-state index is -3.56. The molecule has 0 fully saturated rings. The van der Waals surface area contributed by atoms with Crippen LogP contribution in [0.1, 0.15) is 0 Å². The fourth-order valence-corrected chi connectivity index (χ4v) is 4.66. The lowest BCUT2D eigenvalue weighted by molar-refractivity contribution is 0.521. The summed E-state index contributed by atoms with van der Waals surface area (Å²) in [6, 6.07) is 12.0. The largest absolute Gasteiger partial charge is 0.319 e. The molecule has 27 heavy (non-hydrogen) atoms. The van der Waals surface area contributed by atoms with Crippen LogP contribution in [0.4, 0.5) is 5.69 Å². The van der Waals surface area contributed by atoms with Crippen molar-refractivity contribution < 1.29 is 8.42 Å². The number of para-hydroxylation sites is 1. The SMILES string of the molecule is CN(C)S(=O)(=O)c1ccc(Cl)c(-c2csc(=Nc3ccccc3Cl)n2C)c1. The minimum Gasteiger partial charge on any atom is -0.319 e. The highest BCUT2D eigenvalue weighted by Crippen LogP contribution is 2.31. The first-order chi connectivity index (χ1) is 12.7. The van der Waals surface area contributed by atoms with Crippen molar-refractivity contribution in [3.05, 3.63) is 62.7 Å². The van der Waals surface area contributed by atoms with Gasteiger partial charge in [-0.15, -0.1) is 11.3 Å². The van der Waals surface area contributed by atoms with E-state index in [1.165, 1.54) is 35.8 Å². The van der Waals surface area contributed by atoms with E-state index in [9.17, 15) is 8.42 Å². The average Bonchev–Trinajstić information content (AvgIpc) is 2.97. The number of nitrogens with zero attached hydrogens (tertiary/aromatic N) is 3. The van der Waals surface area contributed by atoms with Gasteiger partial charge in [0.2, 0.25) is 10.0 Å². The van der Waals surface area contributed by atoms with E-state index in [2.05, 4.69) is 4.99 Å². The normalized spacial score (nSPS) is 12.7. The predicted octanol–water partition coefficient (Wildman–Crippen LogP) is 4.54. The lowest BCUT2D eigenvalue weighted by Crippen LogP contribution is -2.22. The Labute approximate surface area is 172 Å². The van der Waals surface area contributed by atoms with Gasteiger partial charge in [0.15, 0.2) is 4.80 Å². The van der Waals surface area contributed by atoms with Crippen LogP contribution in [-0.2, 0) is 17.1 Å². The number of sulfonamides is 1. The molecule has 142 valence electrons. The second-order valence-electron chi connectivity index (χ2n) is 5.95. The highest BCUT2D eigenvalue weighted by Gasteiger charge is 2.20. The van der Waals surface area contributed by atoms with Gasteiger partial charge in [0, 0.05) is 37.1 Å². The third kappa shape index (κ3) is 3.97. The van der Waals surface area contributed by atoms with Gasteiger partial charge in [-0.2, -0.15) is 0 Å². The van der Waals surface area contributed by atoms with Crippen molar-refractivity contribution in [1.29, 1.82) is 0 Å². The van der Waals surface area contributed by atoms with Crippen LogP contribution < -0.4 is 4.80 Å². The molecule has 3 aromatic rings. The average molecular weight is 442 g/mol. The molecule has 1 aromatic heterocycles. The van der Waals surface area contributed by atoms with Crippen molar-refractivity contribution in [2.24, 2.45) is 12.0 Å². The van der Waals surface area contributed by atoms with Gasteiger partial charge in [0.1, 0.15) is 0 Å². The number of benzene rings is 2. The maximum absolute atomic E-state index is 12.4.